The number of rotatable bonds is 7. The van der Waals surface area contributed by atoms with E-state index >= 15 is 0 Å². The highest BCUT2D eigenvalue weighted by Gasteiger charge is 2.17. The van der Waals surface area contributed by atoms with E-state index < -0.39 is 0 Å². The fourth-order valence-corrected chi connectivity index (χ4v) is 3.28. The third kappa shape index (κ3) is 4.96. The van der Waals surface area contributed by atoms with Crippen LogP contribution in [0, 0.1) is 0 Å². The van der Waals surface area contributed by atoms with Crippen LogP contribution in [0.2, 0.25) is 0 Å². The molecule has 1 saturated heterocycles. The Morgan fingerprint density at radius 1 is 1.08 bits per heavy atom. The number of aryl methyl sites for hydroxylation is 1. The molecule has 0 radical (unpaired) electrons. The third-order valence-corrected chi connectivity index (χ3v) is 4.91. The second kappa shape index (κ2) is 9.55. The van der Waals surface area contributed by atoms with Gasteiger partial charge in [0, 0.05) is 18.7 Å². The average molecular weight is 372 g/mol. The molecule has 1 aliphatic heterocycles. The zero-order chi connectivity index (χ0) is 18.2. The van der Waals surface area contributed by atoms with E-state index in [0.717, 1.165) is 61.2 Å². The summed E-state index contributed by atoms with van der Waals surface area (Å²) in [6.07, 6.45) is 1.96. The molecular weight excluding hydrogens is 346 g/mol. The highest BCUT2D eigenvalue weighted by atomic mass is 32.1. The molecular formula is C21H25NO3S. The summed E-state index contributed by atoms with van der Waals surface area (Å²) in [6.45, 7) is 3.76. The first-order valence-corrected chi connectivity index (χ1v) is 9.40. The molecule has 5 heteroatoms. The third-order valence-electron chi connectivity index (χ3n) is 4.42. The molecule has 1 aliphatic rings. The number of benzene rings is 2. The van der Waals surface area contributed by atoms with E-state index in [1.807, 2.05) is 24.3 Å². The highest BCUT2D eigenvalue weighted by molar-refractivity contribution is 7.80. The van der Waals surface area contributed by atoms with Crippen molar-refractivity contribution in [2.45, 2.75) is 12.8 Å². The molecule has 1 heterocycles. The summed E-state index contributed by atoms with van der Waals surface area (Å²) >= 11 is 5.63. The summed E-state index contributed by atoms with van der Waals surface area (Å²) in [4.78, 5) is 3.01. The molecule has 0 aliphatic carbocycles. The largest absolute Gasteiger partial charge is 0.493 e. The normalized spacial score (nSPS) is 14.1. The van der Waals surface area contributed by atoms with Gasteiger partial charge in [-0.25, -0.2) is 0 Å². The lowest BCUT2D eigenvalue weighted by molar-refractivity contribution is 0.0693. The fourth-order valence-electron chi connectivity index (χ4n) is 2.97. The zero-order valence-electron chi connectivity index (χ0n) is 15.1. The second-order valence-electron chi connectivity index (χ2n) is 6.21. The Hall–Kier alpha value is -2.11. The minimum Gasteiger partial charge on any atom is -0.493 e. The lowest BCUT2D eigenvalue weighted by atomic mass is 10.1. The van der Waals surface area contributed by atoms with Gasteiger partial charge < -0.3 is 19.1 Å². The van der Waals surface area contributed by atoms with Gasteiger partial charge in [0.25, 0.3) is 0 Å². The molecule has 0 spiro atoms. The Morgan fingerprint density at radius 2 is 1.85 bits per heavy atom. The summed E-state index contributed by atoms with van der Waals surface area (Å²) in [7, 11) is 1.66. The molecule has 2 aromatic carbocycles. The van der Waals surface area contributed by atoms with Crippen LogP contribution in [0.25, 0.3) is 0 Å². The lowest BCUT2D eigenvalue weighted by Gasteiger charge is -2.29. The SMILES string of the molecule is COc1cc(C(=S)N2CCOCC2)ccc1OCCCc1ccccc1. The van der Waals surface area contributed by atoms with Crippen LogP contribution in [0.4, 0.5) is 0 Å². The van der Waals surface area contributed by atoms with Crippen molar-refractivity contribution in [3.63, 3.8) is 0 Å². The Kier molecular flexibility index (Phi) is 6.86. The lowest BCUT2D eigenvalue weighted by Crippen LogP contribution is -2.40. The number of methoxy groups -OCH3 is 1. The maximum Gasteiger partial charge on any atom is 0.161 e. The van der Waals surface area contributed by atoms with E-state index in [1.54, 1.807) is 7.11 Å². The van der Waals surface area contributed by atoms with Crippen molar-refractivity contribution in [2.24, 2.45) is 0 Å². The summed E-state index contributed by atoms with van der Waals surface area (Å²) in [6, 6.07) is 16.4. The quantitative estimate of drug-likeness (QED) is 0.547. The van der Waals surface area contributed by atoms with Crippen molar-refractivity contribution < 1.29 is 14.2 Å². The zero-order valence-corrected chi connectivity index (χ0v) is 16.0. The van der Waals surface area contributed by atoms with E-state index in [4.69, 9.17) is 26.4 Å². The van der Waals surface area contributed by atoms with Gasteiger partial charge in [-0.15, -0.1) is 0 Å². The molecule has 0 atom stereocenters. The standard InChI is InChI=1S/C21H25NO3S/c1-23-20-16-18(21(26)22-11-14-24-15-12-22)9-10-19(20)25-13-5-8-17-6-3-2-4-7-17/h2-4,6-7,9-10,16H,5,8,11-15H2,1H3. The van der Waals surface area contributed by atoms with Crippen molar-refractivity contribution in [1.82, 2.24) is 4.90 Å². The molecule has 0 unspecified atom stereocenters. The van der Waals surface area contributed by atoms with Gasteiger partial charge >= 0.3 is 0 Å². The van der Waals surface area contributed by atoms with Crippen molar-refractivity contribution in [3.05, 3.63) is 59.7 Å². The highest BCUT2D eigenvalue weighted by Crippen LogP contribution is 2.29. The van der Waals surface area contributed by atoms with Crippen LogP contribution < -0.4 is 9.47 Å². The van der Waals surface area contributed by atoms with Crippen LogP contribution in [0.1, 0.15) is 17.5 Å². The van der Waals surface area contributed by atoms with Gasteiger partial charge in [-0.3, -0.25) is 0 Å². The first-order chi connectivity index (χ1) is 12.8. The Labute approximate surface area is 160 Å². The van der Waals surface area contributed by atoms with Crippen LogP contribution in [0.5, 0.6) is 11.5 Å². The number of nitrogens with zero attached hydrogens (tertiary/aromatic N) is 1. The van der Waals surface area contributed by atoms with Crippen LogP contribution >= 0.6 is 12.2 Å². The van der Waals surface area contributed by atoms with E-state index in [1.165, 1.54) is 5.56 Å². The maximum atomic E-state index is 5.93. The summed E-state index contributed by atoms with van der Waals surface area (Å²) in [5.41, 5.74) is 2.31. The van der Waals surface area contributed by atoms with E-state index in [-0.39, 0.29) is 0 Å². The predicted octanol–water partition coefficient (Wildman–Crippen LogP) is 3.71. The molecule has 0 bridgehead atoms. The van der Waals surface area contributed by atoms with Crippen molar-refractivity contribution in [2.75, 3.05) is 40.0 Å². The van der Waals surface area contributed by atoms with Crippen molar-refractivity contribution >= 4 is 17.2 Å². The van der Waals surface area contributed by atoms with Crippen molar-refractivity contribution in [3.8, 4) is 11.5 Å². The monoisotopic (exact) mass is 371 g/mol. The summed E-state index contributed by atoms with van der Waals surface area (Å²) < 4.78 is 16.8. The van der Waals surface area contributed by atoms with Gasteiger partial charge in [-0.05, 0) is 36.6 Å². The maximum absolute atomic E-state index is 5.93. The van der Waals surface area contributed by atoms with Gasteiger partial charge in [0.1, 0.15) is 4.99 Å². The molecule has 1 fully saturated rings. The summed E-state index contributed by atoms with van der Waals surface area (Å²) in [5, 5.41) is 0. The topological polar surface area (TPSA) is 30.9 Å². The van der Waals surface area contributed by atoms with Crippen LogP contribution in [-0.2, 0) is 11.2 Å². The van der Waals surface area contributed by atoms with Gasteiger partial charge in [0.05, 0.1) is 26.9 Å². The summed E-state index contributed by atoms with van der Waals surface area (Å²) in [5.74, 6) is 1.48. The molecule has 138 valence electrons. The Bertz CT molecular complexity index is 714. The number of ether oxygens (including phenoxy) is 3. The average Bonchev–Trinajstić information content (AvgIpc) is 2.72. The molecule has 0 aromatic heterocycles. The number of hydrogen-bond acceptors (Lipinski definition) is 4. The van der Waals surface area contributed by atoms with Crippen LogP contribution in [-0.4, -0.2) is 49.9 Å². The number of hydrogen-bond donors (Lipinski definition) is 0. The van der Waals surface area contributed by atoms with Gasteiger partial charge in [0.15, 0.2) is 11.5 Å². The van der Waals surface area contributed by atoms with E-state index in [0.29, 0.717) is 6.61 Å². The first-order valence-electron chi connectivity index (χ1n) is 8.99. The first kappa shape index (κ1) is 18.7. The van der Waals surface area contributed by atoms with E-state index in [9.17, 15) is 0 Å². The Morgan fingerprint density at radius 3 is 2.58 bits per heavy atom. The van der Waals surface area contributed by atoms with Crippen LogP contribution in [0.15, 0.2) is 48.5 Å². The Balaban J connectivity index is 1.56. The van der Waals surface area contributed by atoms with Gasteiger partial charge in [-0.2, -0.15) is 0 Å². The molecule has 2 aromatic rings. The molecule has 0 amide bonds. The minimum atomic E-state index is 0.651. The molecule has 4 nitrogen and oxygen atoms in total. The fraction of sp³-hybridized carbons (Fsp3) is 0.381. The number of morpholine rings is 1. The number of thiocarbonyl (C=S) groups is 1. The molecule has 0 saturated carbocycles. The van der Waals surface area contributed by atoms with Gasteiger partial charge in [0.2, 0.25) is 0 Å². The van der Waals surface area contributed by atoms with Crippen molar-refractivity contribution in [1.29, 1.82) is 0 Å². The molecule has 26 heavy (non-hydrogen) atoms. The smallest absolute Gasteiger partial charge is 0.161 e. The van der Waals surface area contributed by atoms with Crippen LogP contribution in [0.3, 0.4) is 0 Å². The minimum absolute atomic E-state index is 0.651. The molecule has 0 N–H and O–H groups in total. The van der Waals surface area contributed by atoms with Gasteiger partial charge in [-0.1, -0.05) is 42.5 Å². The second-order valence-corrected chi connectivity index (χ2v) is 6.59. The molecule has 3 rings (SSSR count). The predicted molar refractivity (Wildman–Crippen MR) is 107 cm³/mol. The van der Waals surface area contributed by atoms with E-state index in [2.05, 4.69) is 29.2 Å².